The van der Waals surface area contributed by atoms with Crippen molar-refractivity contribution in [3.63, 3.8) is 0 Å². The first-order chi connectivity index (χ1) is 13.5. The number of nitrogens with one attached hydrogen (secondary N) is 1. The lowest BCUT2D eigenvalue weighted by atomic mass is 10.2. The third-order valence-electron chi connectivity index (χ3n) is 3.63. The first-order valence-corrected chi connectivity index (χ1v) is 8.79. The number of aromatic amines is 1. The number of benzene rings is 1. The van der Waals surface area contributed by atoms with Crippen molar-refractivity contribution in [1.82, 2.24) is 19.7 Å². The Hall–Kier alpha value is -3.01. The predicted molar refractivity (Wildman–Crippen MR) is 99.0 cm³/mol. The summed E-state index contributed by atoms with van der Waals surface area (Å²) in [6, 6.07) is 4.22. The molecule has 1 N–H and O–H groups in total. The van der Waals surface area contributed by atoms with E-state index in [1.807, 2.05) is 0 Å². The second-order valence-corrected chi connectivity index (χ2v) is 6.77. The van der Waals surface area contributed by atoms with Crippen molar-refractivity contribution in [3.05, 3.63) is 57.2 Å². The topological polar surface area (TPSA) is 82.0 Å². The number of H-pyrrole nitrogens is 1. The Labute approximate surface area is 168 Å². The van der Waals surface area contributed by atoms with E-state index in [-0.39, 0.29) is 11.9 Å². The molecule has 1 aromatic carbocycles. The zero-order valence-electron chi connectivity index (χ0n) is 15.5. The lowest BCUT2D eigenvalue weighted by molar-refractivity contribution is -0.142. The minimum atomic E-state index is -4.94. The maximum Gasteiger partial charge on any atom is 0.437 e. The minimum absolute atomic E-state index is 0.0177. The van der Waals surface area contributed by atoms with Crippen LogP contribution in [0.2, 0.25) is 5.02 Å². The average molecular weight is 429 g/mol. The Bertz CT molecular complexity index is 1090. The van der Waals surface area contributed by atoms with Crippen molar-refractivity contribution >= 4 is 11.6 Å². The smallest absolute Gasteiger partial charge is 0.437 e. The second-order valence-electron chi connectivity index (χ2n) is 6.37. The van der Waals surface area contributed by atoms with E-state index < -0.39 is 29.1 Å². The van der Waals surface area contributed by atoms with Crippen LogP contribution in [0.1, 0.15) is 25.1 Å². The highest BCUT2D eigenvalue weighted by Gasteiger charge is 2.39. The van der Waals surface area contributed by atoms with Gasteiger partial charge >= 0.3 is 6.18 Å². The van der Waals surface area contributed by atoms with Crippen LogP contribution < -0.4 is 15.0 Å². The zero-order chi connectivity index (χ0) is 21.3. The summed E-state index contributed by atoms with van der Waals surface area (Å²) in [4.78, 5) is 18.2. The number of hydrogen-bond acceptors (Lipinski definition) is 5. The zero-order valence-corrected chi connectivity index (χ0v) is 16.3. The molecule has 3 rings (SSSR count). The van der Waals surface area contributed by atoms with Crippen LogP contribution in [0.3, 0.4) is 0 Å². The van der Waals surface area contributed by atoms with Gasteiger partial charge in [-0.3, -0.25) is 9.78 Å². The van der Waals surface area contributed by atoms with Crippen molar-refractivity contribution in [1.29, 1.82) is 0 Å². The van der Waals surface area contributed by atoms with E-state index in [1.165, 1.54) is 30.6 Å². The molecule has 29 heavy (non-hydrogen) atoms. The third-order valence-corrected chi connectivity index (χ3v) is 4.05. The van der Waals surface area contributed by atoms with Crippen LogP contribution in [-0.4, -0.2) is 25.9 Å². The van der Waals surface area contributed by atoms with Crippen LogP contribution >= 0.6 is 11.6 Å². The normalized spacial score (nSPS) is 11.7. The van der Waals surface area contributed by atoms with Gasteiger partial charge in [0, 0.05) is 5.02 Å². The van der Waals surface area contributed by atoms with Gasteiger partial charge in [0.1, 0.15) is 5.75 Å². The van der Waals surface area contributed by atoms with Crippen molar-refractivity contribution in [2.24, 2.45) is 0 Å². The maximum atomic E-state index is 13.6. The SMILES string of the molecule is Cc1cc(Oc2c(C(F)(F)F)nc(-n3cc(OC(C)C)cn3)[nH]c2=O)ccc1Cl. The lowest BCUT2D eigenvalue weighted by Gasteiger charge is -2.14. The van der Waals surface area contributed by atoms with Gasteiger partial charge in [-0.25, -0.2) is 9.67 Å². The number of alkyl halides is 3. The van der Waals surface area contributed by atoms with Gasteiger partial charge in [-0.15, -0.1) is 0 Å². The molecule has 3 aromatic rings. The fraction of sp³-hybridized carbons (Fsp3) is 0.278. The molecule has 0 atom stereocenters. The standard InChI is InChI=1S/C18H16ClF3N4O3/c1-9(2)28-12-7-23-26(8-12)17-24-15(18(20,21)22)14(16(27)25-17)29-11-4-5-13(19)10(3)6-11/h4-9H,1-3H3,(H,24,25,27). The summed E-state index contributed by atoms with van der Waals surface area (Å²) in [5, 5.41) is 4.29. The summed E-state index contributed by atoms with van der Waals surface area (Å²) >= 11 is 5.91. The monoisotopic (exact) mass is 428 g/mol. The summed E-state index contributed by atoms with van der Waals surface area (Å²) in [6.07, 6.45) is -2.50. The van der Waals surface area contributed by atoms with E-state index in [9.17, 15) is 18.0 Å². The minimum Gasteiger partial charge on any atom is -0.488 e. The molecule has 2 heterocycles. The Morgan fingerprint density at radius 2 is 1.97 bits per heavy atom. The largest absolute Gasteiger partial charge is 0.488 e. The number of ether oxygens (including phenoxy) is 2. The highest BCUT2D eigenvalue weighted by molar-refractivity contribution is 6.31. The van der Waals surface area contributed by atoms with Crippen LogP contribution in [-0.2, 0) is 6.18 Å². The van der Waals surface area contributed by atoms with E-state index in [0.717, 1.165) is 4.68 Å². The molecule has 11 heteroatoms. The number of nitrogens with zero attached hydrogens (tertiary/aromatic N) is 3. The van der Waals surface area contributed by atoms with Crippen LogP contribution in [0.4, 0.5) is 13.2 Å². The molecule has 0 radical (unpaired) electrons. The number of rotatable bonds is 5. The molecule has 0 unspecified atom stereocenters. The summed E-state index contributed by atoms with van der Waals surface area (Å²) < 4.78 is 52.3. The van der Waals surface area contributed by atoms with Gasteiger partial charge in [0.2, 0.25) is 11.7 Å². The molecule has 7 nitrogen and oxygen atoms in total. The van der Waals surface area contributed by atoms with Crippen LogP contribution in [0.15, 0.2) is 35.4 Å². The molecule has 0 fully saturated rings. The Balaban J connectivity index is 2.05. The number of halogens is 4. The van der Waals surface area contributed by atoms with Gasteiger partial charge < -0.3 is 9.47 Å². The fourth-order valence-corrected chi connectivity index (χ4v) is 2.52. The number of aromatic nitrogens is 4. The molecule has 154 valence electrons. The highest BCUT2D eigenvalue weighted by Crippen LogP contribution is 2.35. The van der Waals surface area contributed by atoms with E-state index in [2.05, 4.69) is 15.1 Å². The molecule has 0 saturated carbocycles. The molecule has 0 spiro atoms. The quantitative estimate of drug-likeness (QED) is 0.646. The van der Waals surface area contributed by atoms with Crippen molar-refractivity contribution in [2.75, 3.05) is 0 Å². The van der Waals surface area contributed by atoms with Crippen molar-refractivity contribution in [2.45, 2.75) is 33.1 Å². The molecule has 0 aliphatic heterocycles. The molecule has 0 amide bonds. The summed E-state index contributed by atoms with van der Waals surface area (Å²) in [5.74, 6) is -1.08. The second kappa shape index (κ2) is 7.78. The van der Waals surface area contributed by atoms with Crippen LogP contribution in [0.25, 0.3) is 5.95 Å². The van der Waals surface area contributed by atoms with Crippen molar-refractivity contribution in [3.8, 4) is 23.2 Å². The van der Waals surface area contributed by atoms with Gasteiger partial charge in [0.15, 0.2) is 11.4 Å². The van der Waals surface area contributed by atoms with Crippen molar-refractivity contribution < 1.29 is 22.6 Å². The fourth-order valence-electron chi connectivity index (χ4n) is 2.40. The number of aryl methyl sites for hydroxylation is 1. The predicted octanol–water partition coefficient (Wildman–Crippen LogP) is 4.52. The number of hydrogen-bond donors (Lipinski definition) is 1. The van der Waals surface area contributed by atoms with E-state index in [0.29, 0.717) is 16.3 Å². The molecule has 2 aromatic heterocycles. The lowest BCUT2D eigenvalue weighted by Crippen LogP contribution is -2.22. The molecule has 0 aliphatic rings. The first-order valence-electron chi connectivity index (χ1n) is 8.42. The first kappa shape index (κ1) is 20.7. The summed E-state index contributed by atoms with van der Waals surface area (Å²) in [6.45, 7) is 5.22. The van der Waals surface area contributed by atoms with Gasteiger partial charge in [-0.1, -0.05) is 11.6 Å². The van der Waals surface area contributed by atoms with E-state index in [1.54, 1.807) is 20.8 Å². The van der Waals surface area contributed by atoms with Crippen LogP contribution in [0.5, 0.6) is 17.2 Å². The highest BCUT2D eigenvalue weighted by atomic mass is 35.5. The third kappa shape index (κ3) is 4.70. The molecular weight excluding hydrogens is 413 g/mol. The van der Waals surface area contributed by atoms with E-state index in [4.69, 9.17) is 21.1 Å². The molecular formula is C18H16ClF3N4O3. The Morgan fingerprint density at radius 1 is 1.24 bits per heavy atom. The van der Waals surface area contributed by atoms with Gasteiger partial charge in [0.05, 0.1) is 18.5 Å². The summed E-state index contributed by atoms with van der Waals surface area (Å²) in [7, 11) is 0. The molecule has 0 aliphatic carbocycles. The van der Waals surface area contributed by atoms with Crippen LogP contribution in [0, 0.1) is 6.92 Å². The van der Waals surface area contributed by atoms with E-state index >= 15 is 0 Å². The van der Waals surface area contributed by atoms with Gasteiger partial charge in [0.25, 0.3) is 5.56 Å². The maximum absolute atomic E-state index is 13.6. The summed E-state index contributed by atoms with van der Waals surface area (Å²) in [5.41, 5.74) is -2.02. The molecule has 0 bridgehead atoms. The Morgan fingerprint density at radius 3 is 2.59 bits per heavy atom. The van der Waals surface area contributed by atoms with Gasteiger partial charge in [-0.05, 0) is 44.5 Å². The Kier molecular flexibility index (Phi) is 5.56. The van der Waals surface area contributed by atoms with Gasteiger partial charge in [-0.2, -0.15) is 18.3 Å². The average Bonchev–Trinajstić information content (AvgIpc) is 3.06. The molecule has 0 saturated heterocycles.